The van der Waals surface area contributed by atoms with Crippen LogP contribution < -0.4 is 5.73 Å². The van der Waals surface area contributed by atoms with Gasteiger partial charge in [0, 0.05) is 6.04 Å². The van der Waals surface area contributed by atoms with Gasteiger partial charge in [0.2, 0.25) is 0 Å². The van der Waals surface area contributed by atoms with Crippen LogP contribution in [0.3, 0.4) is 0 Å². The van der Waals surface area contributed by atoms with E-state index in [2.05, 4.69) is 6.92 Å². The van der Waals surface area contributed by atoms with Gasteiger partial charge < -0.3 is 5.73 Å². The van der Waals surface area contributed by atoms with Crippen molar-refractivity contribution >= 4 is 9.84 Å². The van der Waals surface area contributed by atoms with Gasteiger partial charge in [-0.3, -0.25) is 0 Å². The van der Waals surface area contributed by atoms with Crippen molar-refractivity contribution in [2.45, 2.75) is 32.2 Å². The number of sulfone groups is 1. The summed E-state index contributed by atoms with van der Waals surface area (Å²) in [4.78, 5) is 0. The third-order valence-electron chi connectivity index (χ3n) is 3.83. The molecule has 2 N–H and O–H groups in total. The van der Waals surface area contributed by atoms with Gasteiger partial charge in [0.15, 0.2) is 0 Å². The van der Waals surface area contributed by atoms with E-state index in [0.717, 1.165) is 19.3 Å². The molecule has 1 heterocycles. The van der Waals surface area contributed by atoms with Gasteiger partial charge in [0.1, 0.15) is 9.84 Å². The van der Waals surface area contributed by atoms with Crippen LogP contribution in [0.4, 0.5) is 0 Å². The summed E-state index contributed by atoms with van der Waals surface area (Å²) in [5, 5.41) is 0. The Morgan fingerprint density at radius 3 is 2.15 bits per heavy atom. The Hall–Kier alpha value is -0.0900. The molecule has 0 aromatic rings. The highest BCUT2D eigenvalue weighted by Crippen LogP contribution is 2.53. The molecule has 76 valence electrons. The lowest BCUT2D eigenvalue weighted by Gasteiger charge is -2.27. The number of hydrogen-bond acceptors (Lipinski definition) is 3. The summed E-state index contributed by atoms with van der Waals surface area (Å²) in [5.41, 5.74) is 6.11. The quantitative estimate of drug-likeness (QED) is 0.677. The van der Waals surface area contributed by atoms with Crippen LogP contribution >= 0.6 is 0 Å². The van der Waals surface area contributed by atoms with Crippen LogP contribution in [0.5, 0.6) is 0 Å². The normalized spacial score (nSPS) is 44.6. The number of rotatable bonds is 1. The van der Waals surface area contributed by atoms with Crippen molar-refractivity contribution in [2.24, 2.45) is 17.1 Å². The van der Waals surface area contributed by atoms with E-state index in [9.17, 15) is 8.42 Å². The van der Waals surface area contributed by atoms with Crippen molar-refractivity contribution in [1.29, 1.82) is 0 Å². The molecule has 3 nitrogen and oxygen atoms in total. The van der Waals surface area contributed by atoms with E-state index in [0.29, 0.717) is 23.5 Å². The van der Waals surface area contributed by atoms with E-state index < -0.39 is 9.84 Å². The Morgan fingerprint density at radius 2 is 1.77 bits per heavy atom. The first-order chi connectivity index (χ1) is 5.94. The van der Waals surface area contributed by atoms with Gasteiger partial charge in [-0.25, -0.2) is 8.42 Å². The van der Waals surface area contributed by atoms with Gasteiger partial charge in [-0.2, -0.15) is 0 Å². The minimum Gasteiger partial charge on any atom is -0.327 e. The van der Waals surface area contributed by atoms with E-state index in [4.69, 9.17) is 5.73 Å². The molecule has 0 radical (unpaired) electrons. The topological polar surface area (TPSA) is 60.2 Å². The SMILES string of the molecule is C[C@]1(C2CCS(=O)(=O)CC2)C[C@@H]1N. The number of nitrogens with two attached hydrogens (primary N) is 1. The molecule has 1 saturated carbocycles. The second kappa shape index (κ2) is 2.70. The van der Waals surface area contributed by atoms with E-state index in [1.54, 1.807) is 0 Å². The summed E-state index contributed by atoms with van der Waals surface area (Å²) in [6.45, 7) is 2.19. The Bertz CT molecular complexity index is 298. The van der Waals surface area contributed by atoms with Crippen LogP contribution in [-0.2, 0) is 9.84 Å². The first-order valence-electron chi connectivity index (χ1n) is 4.90. The predicted molar refractivity (Wildman–Crippen MR) is 52.1 cm³/mol. The van der Waals surface area contributed by atoms with Gasteiger partial charge in [0.05, 0.1) is 11.5 Å². The van der Waals surface area contributed by atoms with Crippen LogP contribution in [0, 0.1) is 11.3 Å². The summed E-state index contributed by atoms with van der Waals surface area (Å²) in [6.07, 6.45) is 2.73. The number of hydrogen-bond donors (Lipinski definition) is 1. The molecule has 0 amide bonds. The van der Waals surface area contributed by atoms with Crippen LogP contribution in [0.25, 0.3) is 0 Å². The second-order valence-electron chi connectivity index (χ2n) is 4.74. The fourth-order valence-electron chi connectivity index (χ4n) is 2.43. The Morgan fingerprint density at radius 1 is 1.31 bits per heavy atom. The lowest BCUT2D eigenvalue weighted by molar-refractivity contribution is 0.298. The van der Waals surface area contributed by atoms with E-state index in [1.165, 1.54) is 0 Å². The third-order valence-corrected chi connectivity index (χ3v) is 5.55. The zero-order chi connectivity index (χ0) is 9.69. The minimum absolute atomic E-state index is 0.260. The van der Waals surface area contributed by atoms with E-state index in [-0.39, 0.29) is 5.41 Å². The van der Waals surface area contributed by atoms with Crippen molar-refractivity contribution in [3.8, 4) is 0 Å². The summed E-state index contributed by atoms with van der Waals surface area (Å²) in [7, 11) is -2.71. The van der Waals surface area contributed by atoms with Gasteiger partial charge >= 0.3 is 0 Å². The van der Waals surface area contributed by atoms with Crippen LogP contribution in [-0.4, -0.2) is 26.0 Å². The first kappa shape index (κ1) is 9.46. The molecule has 0 unspecified atom stereocenters. The lowest BCUT2D eigenvalue weighted by atomic mass is 9.85. The van der Waals surface area contributed by atoms with Crippen LogP contribution in [0.2, 0.25) is 0 Å². The molecule has 0 spiro atoms. The summed E-state index contributed by atoms with van der Waals surface area (Å²) in [5.74, 6) is 1.30. The predicted octanol–water partition coefficient (Wildman–Crippen LogP) is 0.549. The third kappa shape index (κ3) is 1.62. The molecule has 13 heavy (non-hydrogen) atoms. The van der Waals surface area contributed by atoms with Gasteiger partial charge in [0.25, 0.3) is 0 Å². The van der Waals surface area contributed by atoms with Gasteiger partial charge in [-0.05, 0) is 30.6 Å². The molecule has 0 aromatic carbocycles. The summed E-state index contributed by atoms with van der Waals surface area (Å²) < 4.78 is 22.4. The maximum Gasteiger partial charge on any atom is 0.150 e. The van der Waals surface area contributed by atoms with E-state index in [1.807, 2.05) is 0 Å². The summed E-state index contributed by atoms with van der Waals surface area (Å²) >= 11 is 0. The zero-order valence-electron chi connectivity index (χ0n) is 7.99. The monoisotopic (exact) mass is 203 g/mol. The molecule has 1 aliphatic carbocycles. The molecule has 0 bridgehead atoms. The first-order valence-corrected chi connectivity index (χ1v) is 6.72. The Kier molecular flexibility index (Phi) is 1.97. The average molecular weight is 203 g/mol. The highest BCUT2D eigenvalue weighted by atomic mass is 32.2. The molecule has 2 rings (SSSR count). The molecule has 1 saturated heterocycles. The molecule has 2 fully saturated rings. The molecule has 4 heteroatoms. The molecular weight excluding hydrogens is 186 g/mol. The minimum atomic E-state index is -2.71. The van der Waals surface area contributed by atoms with Crippen LogP contribution in [0.1, 0.15) is 26.2 Å². The van der Waals surface area contributed by atoms with Crippen molar-refractivity contribution in [3.63, 3.8) is 0 Å². The molecule has 0 aromatic heterocycles. The molecular formula is C9H17NO2S. The van der Waals surface area contributed by atoms with Crippen molar-refractivity contribution in [3.05, 3.63) is 0 Å². The highest BCUT2D eigenvalue weighted by molar-refractivity contribution is 7.91. The van der Waals surface area contributed by atoms with Crippen molar-refractivity contribution in [2.75, 3.05) is 11.5 Å². The largest absolute Gasteiger partial charge is 0.327 e. The standard InChI is InChI=1S/C9H17NO2S/c1-9(6-8(9)10)7-2-4-13(11,12)5-3-7/h7-8H,2-6,10H2,1H3/t8-,9+/m0/s1. The van der Waals surface area contributed by atoms with Gasteiger partial charge in [-0.15, -0.1) is 0 Å². The molecule has 2 atom stereocenters. The lowest BCUT2D eigenvalue weighted by Crippen LogP contribution is -2.30. The van der Waals surface area contributed by atoms with Crippen molar-refractivity contribution < 1.29 is 8.42 Å². The Labute approximate surface area is 79.6 Å². The van der Waals surface area contributed by atoms with E-state index >= 15 is 0 Å². The summed E-state index contributed by atoms with van der Waals surface area (Å²) in [6, 6.07) is 0.318. The molecule has 2 aliphatic rings. The fourth-order valence-corrected chi connectivity index (χ4v) is 3.93. The maximum absolute atomic E-state index is 11.2. The maximum atomic E-state index is 11.2. The highest BCUT2D eigenvalue weighted by Gasteiger charge is 2.53. The second-order valence-corrected chi connectivity index (χ2v) is 7.05. The smallest absolute Gasteiger partial charge is 0.150 e. The Balaban J connectivity index is 2.00. The zero-order valence-corrected chi connectivity index (χ0v) is 8.81. The van der Waals surface area contributed by atoms with Crippen molar-refractivity contribution in [1.82, 2.24) is 0 Å². The molecule has 1 aliphatic heterocycles. The van der Waals surface area contributed by atoms with Gasteiger partial charge in [-0.1, -0.05) is 6.92 Å². The average Bonchev–Trinajstić information content (AvgIpc) is 2.60. The fraction of sp³-hybridized carbons (Fsp3) is 1.00. The van der Waals surface area contributed by atoms with Crippen LogP contribution in [0.15, 0.2) is 0 Å².